The molecule has 1 rings (SSSR count). The van der Waals surface area contributed by atoms with Gasteiger partial charge in [0.25, 0.3) is 0 Å². The fourth-order valence-electron chi connectivity index (χ4n) is 1.90. The van der Waals surface area contributed by atoms with Gasteiger partial charge in [0.1, 0.15) is 11.6 Å². The normalized spacial score (nSPS) is 15.0. The van der Waals surface area contributed by atoms with Gasteiger partial charge in [-0.25, -0.2) is 8.78 Å². The second kappa shape index (κ2) is 6.07. The molecule has 4 heteroatoms. The summed E-state index contributed by atoms with van der Waals surface area (Å²) < 4.78 is 31.3. The van der Waals surface area contributed by atoms with Gasteiger partial charge in [0.05, 0.1) is 12.2 Å². The smallest absolute Gasteiger partial charge is 0.129 e. The summed E-state index contributed by atoms with van der Waals surface area (Å²) in [5.41, 5.74) is 0.293. The maximum Gasteiger partial charge on any atom is 0.129 e. The molecule has 0 heterocycles. The fraction of sp³-hybridized carbons (Fsp3) is 0.538. The lowest BCUT2D eigenvalue weighted by Gasteiger charge is -2.25. The van der Waals surface area contributed by atoms with Crippen LogP contribution in [0.15, 0.2) is 18.2 Å². The lowest BCUT2D eigenvalue weighted by Crippen LogP contribution is -2.34. The topological polar surface area (TPSA) is 29.5 Å². The van der Waals surface area contributed by atoms with Gasteiger partial charge >= 0.3 is 0 Å². The molecule has 0 aliphatic rings. The summed E-state index contributed by atoms with van der Waals surface area (Å²) >= 11 is 0. The van der Waals surface area contributed by atoms with E-state index in [1.165, 1.54) is 19.2 Å². The maximum absolute atomic E-state index is 13.4. The molecule has 0 spiro atoms. The highest BCUT2D eigenvalue weighted by Crippen LogP contribution is 2.17. The maximum atomic E-state index is 13.4. The summed E-state index contributed by atoms with van der Waals surface area (Å²) in [5.74, 6) is -1.13. The lowest BCUT2D eigenvalue weighted by atomic mass is 9.96. The second-order valence-corrected chi connectivity index (χ2v) is 4.45. The molecule has 1 aromatic carbocycles. The van der Waals surface area contributed by atoms with Crippen molar-refractivity contribution in [2.45, 2.75) is 32.5 Å². The molecule has 17 heavy (non-hydrogen) atoms. The number of hydrogen-bond donors (Lipinski definition) is 1. The van der Waals surface area contributed by atoms with Crippen molar-refractivity contribution in [2.24, 2.45) is 5.92 Å². The van der Waals surface area contributed by atoms with Crippen LogP contribution in [0.1, 0.15) is 19.4 Å². The first-order valence-corrected chi connectivity index (χ1v) is 5.60. The Morgan fingerprint density at radius 1 is 1.29 bits per heavy atom. The monoisotopic (exact) mass is 244 g/mol. The van der Waals surface area contributed by atoms with Crippen molar-refractivity contribution in [1.82, 2.24) is 0 Å². The van der Waals surface area contributed by atoms with Crippen molar-refractivity contribution in [3.05, 3.63) is 35.4 Å². The largest absolute Gasteiger partial charge is 0.390 e. The predicted octanol–water partition coefficient (Wildman–Crippen LogP) is 2.54. The van der Waals surface area contributed by atoms with E-state index in [0.29, 0.717) is 5.56 Å². The first kappa shape index (κ1) is 14.1. The highest BCUT2D eigenvalue weighted by atomic mass is 19.1. The summed E-state index contributed by atoms with van der Waals surface area (Å²) in [6.07, 6.45) is -1.05. The number of methoxy groups -OCH3 is 1. The summed E-state index contributed by atoms with van der Waals surface area (Å²) in [7, 11) is 1.51. The standard InChI is InChI=1S/C13H18F2O2/c1-8(2)13(17-3)12(16)6-9-4-5-10(14)7-11(9)15/h4-5,7-8,12-13,16H,6H2,1-3H3. The molecule has 0 aromatic heterocycles. The average Bonchev–Trinajstić information content (AvgIpc) is 2.22. The summed E-state index contributed by atoms with van der Waals surface area (Å²) in [6.45, 7) is 3.83. The van der Waals surface area contributed by atoms with Gasteiger partial charge in [-0.3, -0.25) is 0 Å². The Labute approximate surface area is 100 Å². The third-order valence-electron chi connectivity index (χ3n) is 2.75. The minimum absolute atomic E-state index is 0.114. The third-order valence-corrected chi connectivity index (χ3v) is 2.75. The van der Waals surface area contributed by atoms with Gasteiger partial charge < -0.3 is 9.84 Å². The number of benzene rings is 1. The molecule has 0 saturated heterocycles. The first-order valence-electron chi connectivity index (χ1n) is 5.60. The Morgan fingerprint density at radius 3 is 2.41 bits per heavy atom. The van der Waals surface area contributed by atoms with Crippen LogP contribution < -0.4 is 0 Å². The highest BCUT2D eigenvalue weighted by Gasteiger charge is 2.23. The van der Waals surface area contributed by atoms with Crippen molar-refractivity contribution >= 4 is 0 Å². The van der Waals surface area contributed by atoms with E-state index in [9.17, 15) is 13.9 Å². The van der Waals surface area contributed by atoms with Crippen molar-refractivity contribution in [3.63, 3.8) is 0 Å². The zero-order valence-electron chi connectivity index (χ0n) is 10.3. The van der Waals surface area contributed by atoms with E-state index in [1.54, 1.807) is 0 Å². The van der Waals surface area contributed by atoms with Crippen LogP contribution in [-0.4, -0.2) is 24.4 Å². The van der Waals surface area contributed by atoms with E-state index in [2.05, 4.69) is 0 Å². The lowest BCUT2D eigenvalue weighted by molar-refractivity contribution is -0.0370. The molecule has 0 bridgehead atoms. The molecule has 0 aliphatic heterocycles. The van der Waals surface area contributed by atoms with Gasteiger partial charge in [-0.15, -0.1) is 0 Å². The van der Waals surface area contributed by atoms with Crippen molar-refractivity contribution in [3.8, 4) is 0 Å². The fourth-order valence-corrected chi connectivity index (χ4v) is 1.90. The number of hydrogen-bond acceptors (Lipinski definition) is 2. The molecule has 1 aromatic rings. The van der Waals surface area contributed by atoms with Crippen LogP contribution in [0.3, 0.4) is 0 Å². The predicted molar refractivity (Wildman–Crippen MR) is 61.7 cm³/mol. The molecule has 0 aliphatic carbocycles. The average molecular weight is 244 g/mol. The minimum atomic E-state index is -0.806. The number of aliphatic hydroxyl groups is 1. The van der Waals surface area contributed by atoms with Gasteiger partial charge in [0.2, 0.25) is 0 Å². The van der Waals surface area contributed by atoms with Crippen LogP contribution in [0.5, 0.6) is 0 Å². The first-order chi connectivity index (χ1) is 7.95. The molecule has 0 saturated carbocycles. The molecular weight excluding hydrogens is 226 g/mol. The number of ether oxygens (including phenoxy) is 1. The van der Waals surface area contributed by atoms with E-state index in [4.69, 9.17) is 4.74 Å². The van der Waals surface area contributed by atoms with Gasteiger partial charge in [-0.05, 0) is 17.5 Å². The van der Waals surface area contributed by atoms with E-state index in [-0.39, 0.29) is 18.4 Å². The third kappa shape index (κ3) is 3.75. The number of rotatable bonds is 5. The van der Waals surface area contributed by atoms with Crippen LogP contribution in [0, 0.1) is 17.6 Å². The summed E-state index contributed by atoms with van der Waals surface area (Å²) in [6, 6.07) is 3.35. The quantitative estimate of drug-likeness (QED) is 0.862. The molecule has 0 amide bonds. The summed E-state index contributed by atoms with van der Waals surface area (Å²) in [4.78, 5) is 0. The van der Waals surface area contributed by atoms with Crippen LogP contribution in [0.2, 0.25) is 0 Å². The Kier molecular flexibility index (Phi) is 5.02. The van der Waals surface area contributed by atoms with Gasteiger partial charge in [0.15, 0.2) is 0 Å². The van der Waals surface area contributed by atoms with Gasteiger partial charge in [-0.2, -0.15) is 0 Å². The zero-order chi connectivity index (χ0) is 13.0. The Hall–Kier alpha value is -1.00. The minimum Gasteiger partial charge on any atom is -0.390 e. The van der Waals surface area contributed by atoms with E-state index in [0.717, 1.165) is 6.07 Å². The molecule has 2 nitrogen and oxygen atoms in total. The Bertz CT molecular complexity index is 366. The molecule has 2 atom stereocenters. The van der Waals surface area contributed by atoms with Crippen molar-refractivity contribution < 1.29 is 18.6 Å². The SMILES string of the molecule is COC(C(C)C)C(O)Cc1ccc(F)cc1F. The van der Waals surface area contributed by atoms with Crippen molar-refractivity contribution in [2.75, 3.05) is 7.11 Å². The molecule has 0 fully saturated rings. The van der Waals surface area contributed by atoms with Crippen LogP contribution in [-0.2, 0) is 11.2 Å². The van der Waals surface area contributed by atoms with Crippen molar-refractivity contribution in [1.29, 1.82) is 0 Å². The van der Waals surface area contributed by atoms with Crippen LogP contribution >= 0.6 is 0 Å². The second-order valence-electron chi connectivity index (χ2n) is 4.45. The molecule has 0 radical (unpaired) electrons. The van der Waals surface area contributed by atoms with Crippen LogP contribution in [0.4, 0.5) is 8.78 Å². The van der Waals surface area contributed by atoms with E-state index in [1.807, 2.05) is 13.8 Å². The molecular formula is C13H18F2O2. The number of halogens is 2. The summed E-state index contributed by atoms with van der Waals surface area (Å²) in [5, 5.41) is 9.94. The number of aliphatic hydroxyl groups excluding tert-OH is 1. The molecule has 1 N–H and O–H groups in total. The molecule has 2 unspecified atom stereocenters. The van der Waals surface area contributed by atoms with E-state index < -0.39 is 17.7 Å². The van der Waals surface area contributed by atoms with Crippen LogP contribution in [0.25, 0.3) is 0 Å². The van der Waals surface area contributed by atoms with Gasteiger partial charge in [-0.1, -0.05) is 19.9 Å². The Morgan fingerprint density at radius 2 is 1.94 bits per heavy atom. The van der Waals surface area contributed by atoms with E-state index >= 15 is 0 Å². The van der Waals surface area contributed by atoms with Gasteiger partial charge in [0, 0.05) is 19.6 Å². The molecule has 96 valence electrons. The highest BCUT2D eigenvalue weighted by molar-refractivity contribution is 5.19. The zero-order valence-corrected chi connectivity index (χ0v) is 10.3. The Balaban J connectivity index is 2.76.